The number of benzene rings is 2. The predicted molar refractivity (Wildman–Crippen MR) is 111 cm³/mol. The van der Waals surface area contributed by atoms with Gasteiger partial charge >= 0.3 is 0 Å². The molecule has 0 radical (unpaired) electrons. The highest BCUT2D eigenvalue weighted by Crippen LogP contribution is 2.14. The van der Waals surface area contributed by atoms with Crippen LogP contribution in [0.3, 0.4) is 0 Å². The van der Waals surface area contributed by atoms with Crippen molar-refractivity contribution in [2.45, 2.75) is 6.92 Å². The molecule has 2 amide bonds. The molecular weight excluding hydrogens is 368 g/mol. The standard InChI is InChI=1S/C22H20N4O3/c1-16-4-2-3-5-20(16)25-21(27)15-29-19-8-6-17(7-9-19)14-24-26-22(28)18-10-12-23-13-11-18/h2-14H,15H2,1H3,(H,25,27)(H,26,28). The van der Waals surface area contributed by atoms with Crippen LogP contribution in [0.4, 0.5) is 5.69 Å². The summed E-state index contributed by atoms with van der Waals surface area (Å²) < 4.78 is 5.50. The largest absolute Gasteiger partial charge is 0.484 e. The normalized spacial score (nSPS) is 10.5. The maximum atomic E-state index is 12.0. The minimum atomic E-state index is -0.316. The molecule has 3 aromatic rings. The van der Waals surface area contributed by atoms with Gasteiger partial charge in [0.25, 0.3) is 11.8 Å². The first-order valence-electron chi connectivity index (χ1n) is 8.93. The fourth-order valence-corrected chi connectivity index (χ4v) is 2.43. The molecule has 0 bridgehead atoms. The monoisotopic (exact) mass is 388 g/mol. The number of rotatable bonds is 7. The minimum absolute atomic E-state index is 0.0935. The molecule has 0 aliphatic rings. The first-order chi connectivity index (χ1) is 14.1. The molecule has 7 nitrogen and oxygen atoms in total. The highest BCUT2D eigenvalue weighted by molar-refractivity contribution is 5.94. The number of nitrogens with zero attached hydrogens (tertiary/aromatic N) is 2. The van der Waals surface area contributed by atoms with Crippen molar-refractivity contribution in [2.75, 3.05) is 11.9 Å². The molecule has 0 saturated heterocycles. The number of carbonyl (C=O) groups excluding carboxylic acids is 2. The number of ether oxygens (including phenoxy) is 1. The van der Waals surface area contributed by atoms with Gasteiger partial charge in [0.2, 0.25) is 0 Å². The first-order valence-corrected chi connectivity index (χ1v) is 8.93. The lowest BCUT2D eigenvalue weighted by atomic mass is 10.2. The topological polar surface area (TPSA) is 92.7 Å². The lowest BCUT2D eigenvalue weighted by Crippen LogP contribution is -2.20. The van der Waals surface area contributed by atoms with Crippen LogP contribution in [0.5, 0.6) is 5.75 Å². The first kappa shape index (κ1) is 19.8. The second-order valence-corrected chi connectivity index (χ2v) is 6.16. The highest BCUT2D eigenvalue weighted by atomic mass is 16.5. The third-order valence-electron chi connectivity index (χ3n) is 3.99. The van der Waals surface area contributed by atoms with Gasteiger partial charge in [0, 0.05) is 23.6 Å². The maximum absolute atomic E-state index is 12.0. The Balaban J connectivity index is 1.46. The number of carbonyl (C=O) groups is 2. The molecule has 1 heterocycles. The smallest absolute Gasteiger partial charge is 0.271 e. The SMILES string of the molecule is Cc1ccccc1NC(=O)COc1ccc(C=NNC(=O)c2ccncc2)cc1. The van der Waals surface area contributed by atoms with Crippen LogP contribution in [-0.4, -0.2) is 29.6 Å². The summed E-state index contributed by atoms with van der Waals surface area (Å²) in [5, 5.41) is 6.74. The summed E-state index contributed by atoms with van der Waals surface area (Å²) in [6, 6.07) is 17.8. The van der Waals surface area contributed by atoms with E-state index in [4.69, 9.17) is 4.74 Å². The molecule has 0 unspecified atom stereocenters. The zero-order valence-corrected chi connectivity index (χ0v) is 15.8. The average Bonchev–Trinajstić information content (AvgIpc) is 2.75. The number of para-hydroxylation sites is 1. The summed E-state index contributed by atoms with van der Waals surface area (Å²) in [6.45, 7) is 1.83. The van der Waals surface area contributed by atoms with Gasteiger partial charge in [0.1, 0.15) is 5.75 Å². The number of pyridine rings is 1. The number of anilines is 1. The lowest BCUT2D eigenvalue weighted by molar-refractivity contribution is -0.118. The van der Waals surface area contributed by atoms with E-state index in [2.05, 4.69) is 20.8 Å². The number of aromatic nitrogens is 1. The van der Waals surface area contributed by atoms with Crippen molar-refractivity contribution in [3.8, 4) is 5.75 Å². The average molecular weight is 388 g/mol. The predicted octanol–water partition coefficient (Wildman–Crippen LogP) is 3.17. The second-order valence-electron chi connectivity index (χ2n) is 6.16. The molecule has 2 N–H and O–H groups in total. The second kappa shape index (κ2) is 9.80. The lowest BCUT2D eigenvalue weighted by Gasteiger charge is -2.09. The molecule has 0 aliphatic carbocycles. The van der Waals surface area contributed by atoms with E-state index in [1.807, 2.05) is 31.2 Å². The zero-order valence-electron chi connectivity index (χ0n) is 15.8. The van der Waals surface area contributed by atoms with Crippen LogP contribution < -0.4 is 15.5 Å². The summed E-state index contributed by atoms with van der Waals surface area (Å²) in [6.07, 6.45) is 4.60. The Hall–Kier alpha value is -4.00. The molecular formula is C22H20N4O3. The molecule has 0 spiro atoms. The van der Waals surface area contributed by atoms with Gasteiger partial charge in [-0.3, -0.25) is 14.6 Å². The Morgan fingerprint density at radius 1 is 1.03 bits per heavy atom. The van der Waals surface area contributed by atoms with Gasteiger partial charge < -0.3 is 10.1 Å². The number of hydrogen-bond acceptors (Lipinski definition) is 5. The van der Waals surface area contributed by atoms with Crippen LogP contribution in [0, 0.1) is 6.92 Å². The van der Waals surface area contributed by atoms with Crippen molar-refractivity contribution in [1.29, 1.82) is 0 Å². The molecule has 2 aromatic carbocycles. The molecule has 7 heteroatoms. The van der Waals surface area contributed by atoms with Gasteiger partial charge in [0.05, 0.1) is 6.21 Å². The van der Waals surface area contributed by atoms with Crippen molar-refractivity contribution in [3.63, 3.8) is 0 Å². The highest BCUT2D eigenvalue weighted by Gasteiger charge is 2.05. The van der Waals surface area contributed by atoms with E-state index < -0.39 is 0 Å². The van der Waals surface area contributed by atoms with E-state index >= 15 is 0 Å². The van der Waals surface area contributed by atoms with E-state index in [-0.39, 0.29) is 18.4 Å². The van der Waals surface area contributed by atoms with Crippen LogP contribution in [0.1, 0.15) is 21.5 Å². The van der Waals surface area contributed by atoms with E-state index in [1.165, 1.54) is 6.21 Å². The van der Waals surface area contributed by atoms with Crippen molar-refractivity contribution < 1.29 is 14.3 Å². The van der Waals surface area contributed by atoms with Gasteiger partial charge in [-0.15, -0.1) is 0 Å². The summed E-state index contributed by atoms with van der Waals surface area (Å²) in [4.78, 5) is 27.8. The van der Waals surface area contributed by atoms with Crippen LogP contribution in [-0.2, 0) is 4.79 Å². The molecule has 29 heavy (non-hydrogen) atoms. The number of hydrogen-bond donors (Lipinski definition) is 2. The quantitative estimate of drug-likeness (QED) is 0.480. The Kier molecular flexibility index (Phi) is 6.67. The maximum Gasteiger partial charge on any atom is 0.271 e. The number of nitrogens with one attached hydrogen (secondary N) is 2. The van der Waals surface area contributed by atoms with Gasteiger partial charge in [0.15, 0.2) is 6.61 Å². The summed E-state index contributed by atoms with van der Waals surface area (Å²) in [5.74, 6) is 0.00920. The van der Waals surface area contributed by atoms with Crippen molar-refractivity contribution in [3.05, 3.63) is 89.7 Å². The van der Waals surface area contributed by atoms with E-state index in [0.717, 1.165) is 16.8 Å². The third kappa shape index (κ3) is 6.00. The molecule has 146 valence electrons. The van der Waals surface area contributed by atoms with E-state index in [0.29, 0.717) is 11.3 Å². The Morgan fingerprint density at radius 3 is 2.48 bits per heavy atom. The summed E-state index contributed by atoms with van der Waals surface area (Å²) >= 11 is 0. The van der Waals surface area contributed by atoms with E-state index in [9.17, 15) is 9.59 Å². The Morgan fingerprint density at radius 2 is 1.76 bits per heavy atom. The summed E-state index contributed by atoms with van der Waals surface area (Å²) in [7, 11) is 0. The number of aryl methyl sites for hydroxylation is 1. The number of amides is 2. The van der Waals surface area contributed by atoms with Crippen LogP contribution in [0.2, 0.25) is 0 Å². The molecule has 0 aliphatic heterocycles. The Bertz CT molecular complexity index is 1000. The molecule has 1 aromatic heterocycles. The van der Waals surface area contributed by atoms with Crippen LogP contribution in [0.25, 0.3) is 0 Å². The molecule has 0 fully saturated rings. The minimum Gasteiger partial charge on any atom is -0.484 e. The van der Waals surface area contributed by atoms with Gasteiger partial charge in [-0.1, -0.05) is 18.2 Å². The van der Waals surface area contributed by atoms with Crippen molar-refractivity contribution in [2.24, 2.45) is 5.10 Å². The van der Waals surface area contributed by atoms with Crippen molar-refractivity contribution >= 4 is 23.7 Å². The Labute approximate surface area is 168 Å². The van der Waals surface area contributed by atoms with Gasteiger partial charge in [-0.25, -0.2) is 5.43 Å². The van der Waals surface area contributed by atoms with Gasteiger partial charge in [-0.2, -0.15) is 5.10 Å². The van der Waals surface area contributed by atoms with Gasteiger partial charge in [-0.05, 0) is 60.5 Å². The van der Waals surface area contributed by atoms with Crippen LogP contribution in [0.15, 0.2) is 78.2 Å². The van der Waals surface area contributed by atoms with Crippen LogP contribution >= 0.6 is 0 Å². The van der Waals surface area contributed by atoms with Crippen molar-refractivity contribution in [1.82, 2.24) is 10.4 Å². The molecule has 0 saturated carbocycles. The third-order valence-corrected chi connectivity index (χ3v) is 3.99. The number of hydrazone groups is 1. The summed E-state index contributed by atoms with van der Waals surface area (Å²) in [5.41, 5.74) is 5.45. The van der Waals surface area contributed by atoms with E-state index in [1.54, 1.807) is 48.8 Å². The fraction of sp³-hybridized carbons (Fsp3) is 0.0909. The zero-order chi connectivity index (χ0) is 20.5. The molecule has 0 atom stereocenters. The molecule has 3 rings (SSSR count). The fourth-order valence-electron chi connectivity index (χ4n) is 2.43.